The summed E-state index contributed by atoms with van der Waals surface area (Å²) in [6.45, 7) is 0. The van der Waals surface area contributed by atoms with Crippen molar-refractivity contribution in [2.75, 3.05) is 0 Å². The summed E-state index contributed by atoms with van der Waals surface area (Å²) in [6, 6.07) is 4.66. The van der Waals surface area contributed by atoms with Crippen LogP contribution >= 0.6 is 56.8 Å². The average Bonchev–Trinajstić information content (AvgIpc) is 2.04. The van der Waals surface area contributed by atoms with Gasteiger partial charge < -0.3 is 0 Å². The highest BCUT2D eigenvalue weighted by molar-refractivity contribution is 14.1. The Morgan fingerprint density at radius 1 is 1.15 bits per heavy atom. The number of hydrogen-bond donors (Lipinski definition) is 0. The first-order valence-corrected chi connectivity index (χ1v) is 5.75. The molecule has 0 amide bonds. The summed E-state index contributed by atoms with van der Waals surface area (Å²) in [7, 11) is 0. The molecule has 0 heterocycles. The van der Waals surface area contributed by atoms with Crippen LogP contribution in [0.4, 0.5) is 0 Å². The van der Waals surface area contributed by atoms with Crippen LogP contribution in [0.2, 0.25) is 5.02 Å². The van der Waals surface area contributed by atoms with Gasteiger partial charge in [0.2, 0.25) is 7.58 Å². The van der Waals surface area contributed by atoms with Crippen molar-refractivity contribution < 1.29 is 9.59 Å². The van der Waals surface area contributed by atoms with Crippen LogP contribution in [0.5, 0.6) is 0 Å². The molecule has 68 valence electrons. The van der Waals surface area contributed by atoms with Gasteiger partial charge in [-0.15, -0.1) is 0 Å². The second-order valence-electron chi connectivity index (χ2n) is 2.24. The lowest BCUT2D eigenvalue weighted by atomic mass is 10.1. The van der Waals surface area contributed by atoms with Crippen molar-refractivity contribution in [3.63, 3.8) is 0 Å². The lowest BCUT2D eigenvalue weighted by Crippen LogP contribution is -1.94. The summed E-state index contributed by atoms with van der Waals surface area (Å²) < 4.78 is -0.268. The van der Waals surface area contributed by atoms with Crippen LogP contribution in [0.15, 0.2) is 18.2 Å². The molecule has 0 saturated carbocycles. The second kappa shape index (κ2) is 4.70. The molecule has 0 aromatic heterocycles. The summed E-state index contributed by atoms with van der Waals surface area (Å²) in [5, 5.41) is 0.376. The van der Waals surface area contributed by atoms with Gasteiger partial charge in [0, 0.05) is 56.3 Å². The van der Waals surface area contributed by atoms with Crippen LogP contribution in [-0.2, 0) is 0 Å². The molecule has 13 heavy (non-hydrogen) atoms. The molecule has 1 aromatic carbocycles. The molecule has 0 N–H and O–H groups in total. The van der Waals surface area contributed by atoms with E-state index in [2.05, 4.69) is 0 Å². The van der Waals surface area contributed by atoms with Crippen LogP contribution in [0.1, 0.15) is 20.7 Å². The van der Waals surface area contributed by atoms with E-state index in [4.69, 9.17) is 11.6 Å². The molecule has 0 atom stereocenters. The van der Waals surface area contributed by atoms with Crippen LogP contribution in [0.3, 0.4) is 0 Å². The first-order valence-electron chi connectivity index (χ1n) is 3.21. The highest BCUT2D eigenvalue weighted by Gasteiger charge is 2.10. The van der Waals surface area contributed by atoms with E-state index in [1.165, 1.54) is 6.07 Å². The summed E-state index contributed by atoms with van der Waals surface area (Å²) in [5.74, 6) is 0. The maximum absolute atomic E-state index is 11.0. The molecule has 0 fully saturated rings. The van der Waals surface area contributed by atoms with E-state index in [1.54, 1.807) is 57.3 Å². The third-order valence-electron chi connectivity index (χ3n) is 1.41. The molecule has 0 spiro atoms. The number of halogens is 3. The summed E-state index contributed by atoms with van der Waals surface area (Å²) in [5.41, 5.74) is 0.870. The van der Waals surface area contributed by atoms with Crippen molar-refractivity contribution in [3.05, 3.63) is 34.3 Å². The fourth-order valence-corrected chi connectivity index (χ4v) is 1.94. The van der Waals surface area contributed by atoms with Crippen molar-refractivity contribution in [2.45, 2.75) is 0 Å². The Balaban J connectivity index is 3.27. The lowest BCUT2D eigenvalue weighted by molar-refractivity contribution is 0.110. The zero-order valence-corrected chi connectivity index (χ0v) is 11.3. The minimum absolute atomic E-state index is 0.104. The highest BCUT2D eigenvalue weighted by Crippen LogP contribution is 2.21. The van der Waals surface area contributed by atoms with Crippen molar-refractivity contribution in [1.82, 2.24) is 0 Å². The molecule has 5 heteroatoms. The Morgan fingerprint density at radius 2 is 1.77 bits per heavy atom. The summed E-state index contributed by atoms with van der Waals surface area (Å²) in [6.07, 6.45) is 0. The SMILES string of the molecule is O=C(I)c1ccc(Cl)c(C(=O)I)c1. The fourth-order valence-electron chi connectivity index (χ4n) is 0.798. The van der Waals surface area contributed by atoms with Crippen LogP contribution < -0.4 is 0 Å². The van der Waals surface area contributed by atoms with E-state index in [1.807, 2.05) is 0 Å². The van der Waals surface area contributed by atoms with Gasteiger partial charge in [-0.2, -0.15) is 0 Å². The van der Waals surface area contributed by atoms with E-state index in [0.29, 0.717) is 16.1 Å². The van der Waals surface area contributed by atoms with E-state index in [9.17, 15) is 9.59 Å². The smallest absolute Gasteiger partial charge is 0.223 e. The van der Waals surface area contributed by atoms with Crippen LogP contribution in [-0.4, -0.2) is 7.58 Å². The molecule has 2 nitrogen and oxygen atoms in total. The van der Waals surface area contributed by atoms with Crippen molar-refractivity contribution in [2.24, 2.45) is 0 Å². The van der Waals surface area contributed by atoms with Crippen LogP contribution in [0.25, 0.3) is 0 Å². The second-order valence-corrected chi connectivity index (χ2v) is 4.61. The van der Waals surface area contributed by atoms with Crippen LogP contribution in [0, 0.1) is 0 Å². The van der Waals surface area contributed by atoms with E-state index in [-0.39, 0.29) is 7.58 Å². The van der Waals surface area contributed by atoms with E-state index < -0.39 is 0 Å². The largest absolute Gasteiger partial charge is 0.282 e. The Kier molecular flexibility index (Phi) is 4.11. The zero-order chi connectivity index (χ0) is 10.0. The number of carbonyl (C=O) groups is 2. The summed E-state index contributed by atoms with van der Waals surface area (Å²) in [4.78, 5) is 22.0. The molecular weight excluding hydrogens is 417 g/mol. The molecule has 0 aliphatic rings. The van der Waals surface area contributed by atoms with Gasteiger partial charge in [0.15, 0.2) is 0 Å². The van der Waals surface area contributed by atoms with Gasteiger partial charge in [-0.25, -0.2) is 0 Å². The van der Waals surface area contributed by atoms with Gasteiger partial charge in [-0.05, 0) is 18.2 Å². The first kappa shape index (κ1) is 11.4. The number of rotatable bonds is 2. The Hall–Kier alpha value is 0.310. The highest BCUT2D eigenvalue weighted by atomic mass is 127. The predicted octanol–water partition coefficient (Wildman–Crippen LogP) is 3.49. The topological polar surface area (TPSA) is 34.1 Å². The number of hydrogen-bond acceptors (Lipinski definition) is 2. The molecule has 0 saturated heterocycles. The molecule has 0 aliphatic carbocycles. The first-order chi connectivity index (χ1) is 6.02. The molecule has 0 bridgehead atoms. The quantitative estimate of drug-likeness (QED) is 0.542. The van der Waals surface area contributed by atoms with E-state index in [0.717, 1.165) is 0 Å². The molecule has 0 radical (unpaired) electrons. The van der Waals surface area contributed by atoms with Crippen molar-refractivity contribution >= 4 is 64.4 Å². The fraction of sp³-hybridized carbons (Fsp3) is 0. The average molecular weight is 420 g/mol. The van der Waals surface area contributed by atoms with Gasteiger partial charge in [0.1, 0.15) is 0 Å². The van der Waals surface area contributed by atoms with Crippen molar-refractivity contribution in [3.8, 4) is 0 Å². The molecule has 0 unspecified atom stereocenters. The molecule has 0 aliphatic heterocycles. The minimum atomic E-state index is -0.165. The Labute approximate surface area is 107 Å². The maximum atomic E-state index is 11.0. The third-order valence-corrected chi connectivity index (χ3v) is 2.94. The zero-order valence-electron chi connectivity index (χ0n) is 6.18. The van der Waals surface area contributed by atoms with E-state index >= 15 is 0 Å². The predicted molar refractivity (Wildman–Crippen MR) is 68.2 cm³/mol. The Bertz CT molecular complexity index is 376. The number of carbonyl (C=O) groups excluding carboxylic acids is 2. The van der Waals surface area contributed by atoms with Gasteiger partial charge in [0.25, 0.3) is 0 Å². The Morgan fingerprint density at radius 3 is 2.23 bits per heavy atom. The maximum Gasteiger partial charge on any atom is 0.223 e. The standard InChI is InChI=1S/C8H3ClI2O2/c9-6-2-1-4(7(10)12)3-5(6)8(11)13/h1-3H. The molecular formula is C8H3ClI2O2. The van der Waals surface area contributed by atoms with Gasteiger partial charge in [0.05, 0.1) is 5.02 Å². The number of benzene rings is 1. The normalized spacial score (nSPS) is 9.77. The third kappa shape index (κ3) is 2.88. The van der Waals surface area contributed by atoms with Gasteiger partial charge >= 0.3 is 0 Å². The van der Waals surface area contributed by atoms with Gasteiger partial charge in [-0.3, -0.25) is 9.59 Å². The van der Waals surface area contributed by atoms with Crippen molar-refractivity contribution in [1.29, 1.82) is 0 Å². The monoisotopic (exact) mass is 420 g/mol. The van der Waals surface area contributed by atoms with Gasteiger partial charge in [-0.1, -0.05) is 11.6 Å². The molecule has 1 aromatic rings. The minimum Gasteiger partial charge on any atom is -0.282 e. The molecule has 1 rings (SSSR count). The lowest BCUT2D eigenvalue weighted by Gasteiger charge is -1.99. The summed E-state index contributed by atoms with van der Waals surface area (Å²) >= 11 is 9.06.